The van der Waals surface area contributed by atoms with Gasteiger partial charge in [0, 0.05) is 19.4 Å². The Kier molecular flexibility index (Phi) is 4.04. The molecule has 0 saturated heterocycles. The second-order valence-corrected chi connectivity index (χ2v) is 7.07. The smallest absolute Gasteiger partial charge is 0.326 e. The van der Waals surface area contributed by atoms with Gasteiger partial charge in [-0.25, -0.2) is 4.79 Å². The van der Waals surface area contributed by atoms with Gasteiger partial charge in [-0.1, -0.05) is 54.6 Å². The molecule has 25 heavy (non-hydrogen) atoms. The molecular formula is C21H21NO3. The van der Waals surface area contributed by atoms with Gasteiger partial charge in [0.25, 0.3) is 0 Å². The molecule has 4 heteroatoms. The molecule has 4 rings (SSSR count). The molecule has 1 aliphatic heterocycles. The second kappa shape index (κ2) is 6.36. The Bertz CT molecular complexity index is 802. The molecule has 0 radical (unpaired) electrons. The molecule has 1 fully saturated rings. The SMILES string of the molecule is O=C(O)C1Cc2ccccc2CN1C(=O)C[C@@H]1C[C@H]1c1ccccc1. The summed E-state index contributed by atoms with van der Waals surface area (Å²) in [7, 11) is 0. The molecule has 1 N–H and O–H groups in total. The summed E-state index contributed by atoms with van der Waals surface area (Å²) in [4.78, 5) is 26.0. The molecule has 1 amide bonds. The number of hydrogen-bond acceptors (Lipinski definition) is 2. The number of rotatable bonds is 4. The van der Waals surface area contributed by atoms with Crippen LogP contribution in [0.25, 0.3) is 0 Å². The minimum absolute atomic E-state index is 0.0367. The topological polar surface area (TPSA) is 57.6 Å². The fourth-order valence-corrected chi connectivity index (χ4v) is 3.93. The first kappa shape index (κ1) is 15.9. The van der Waals surface area contributed by atoms with E-state index in [1.165, 1.54) is 5.56 Å². The first-order valence-electron chi connectivity index (χ1n) is 8.77. The maximum absolute atomic E-state index is 12.8. The van der Waals surface area contributed by atoms with Gasteiger partial charge in [0.1, 0.15) is 6.04 Å². The van der Waals surface area contributed by atoms with E-state index in [4.69, 9.17) is 0 Å². The summed E-state index contributed by atoms with van der Waals surface area (Å²) in [6, 6.07) is 17.3. The number of carbonyl (C=O) groups excluding carboxylic acids is 1. The standard InChI is InChI=1S/C21H21NO3/c23-20(12-17-10-18(17)14-6-2-1-3-7-14)22-13-16-9-5-4-8-15(16)11-19(22)21(24)25/h1-9,17-19H,10-13H2,(H,24,25)/t17-,18-,19?/m0/s1. The van der Waals surface area contributed by atoms with Crippen molar-refractivity contribution in [2.75, 3.05) is 0 Å². The molecule has 0 aromatic heterocycles. The molecule has 2 aromatic carbocycles. The second-order valence-electron chi connectivity index (χ2n) is 7.07. The number of carbonyl (C=O) groups is 2. The summed E-state index contributed by atoms with van der Waals surface area (Å²) in [6.07, 6.45) is 1.84. The summed E-state index contributed by atoms with van der Waals surface area (Å²) < 4.78 is 0. The van der Waals surface area contributed by atoms with E-state index in [2.05, 4.69) is 12.1 Å². The summed E-state index contributed by atoms with van der Waals surface area (Å²) in [5.74, 6) is -0.185. The highest BCUT2D eigenvalue weighted by molar-refractivity contribution is 5.85. The lowest BCUT2D eigenvalue weighted by Gasteiger charge is -2.34. The third-order valence-electron chi connectivity index (χ3n) is 5.44. The molecule has 128 valence electrons. The summed E-state index contributed by atoms with van der Waals surface area (Å²) in [5, 5.41) is 9.57. The van der Waals surface area contributed by atoms with Crippen LogP contribution in [0.4, 0.5) is 0 Å². The Balaban J connectivity index is 1.47. The fraction of sp³-hybridized carbons (Fsp3) is 0.333. The number of benzene rings is 2. The number of carboxylic acids is 1. The van der Waals surface area contributed by atoms with Crippen molar-refractivity contribution in [1.29, 1.82) is 0 Å². The Hall–Kier alpha value is -2.62. The van der Waals surface area contributed by atoms with Crippen molar-refractivity contribution in [3.63, 3.8) is 0 Å². The van der Waals surface area contributed by atoms with Crippen LogP contribution in [0.3, 0.4) is 0 Å². The Labute approximate surface area is 147 Å². The van der Waals surface area contributed by atoms with E-state index in [-0.39, 0.29) is 5.91 Å². The fourth-order valence-electron chi connectivity index (χ4n) is 3.93. The van der Waals surface area contributed by atoms with Gasteiger partial charge in [-0.2, -0.15) is 0 Å². The van der Waals surface area contributed by atoms with Crippen LogP contribution in [0, 0.1) is 5.92 Å². The quantitative estimate of drug-likeness (QED) is 0.933. The first-order chi connectivity index (χ1) is 12.1. The molecule has 2 aliphatic rings. The summed E-state index contributed by atoms with van der Waals surface area (Å²) >= 11 is 0. The zero-order valence-electron chi connectivity index (χ0n) is 14.0. The van der Waals surface area contributed by atoms with Crippen LogP contribution in [0.1, 0.15) is 35.4 Å². The van der Waals surface area contributed by atoms with Crippen LogP contribution in [-0.4, -0.2) is 27.9 Å². The van der Waals surface area contributed by atoms with Crippen molar-refractivity contribution in [3.8, 4) is 0 Å². The Morgan fingerprint density at radius 1 is 1.00 bits per heavy atom. The van der Waals surface area contributed by atoms with E-state index in [0.29, 0.717) is 31.2 Å². The minimum Gasteiger partial charge on any atom is -0.480 e. The summed E-state index contributed by atoms with van der Waals surface area (Å²) in [5.41, 5.74) is 3.37. The van der Waals surface area contributed by atoms with Gasteiger partial charge in [-0.15, -0.1) is 0 Å². The number of carboxylic acid groups (broad SMARTS) is 1. The van der Waals surface area contributed by atoms with Crippen LogP contribution in [0.15, 0.2) is 54.6 Å². The maximum Gasteiger partial charge on any atom is 0.326 e. The van der Waals surface area contributed by atoms with Crippen LogP contribution in [0.5, 0.6) is 0 Å². The molecule has 1 heterocycles. The maximum atomic E-state index is 12.8. The van der Waals surface area contributed by atoms with E-state index in [9.17, 15) is 14.7 Å². The van der Waals surface area contributed by atoms with E-state index >= 15 is 0 Å². The molecule has 0 bridgehead atoms. The highest BCUT2D eigenvalue weighted by Gasteiger charge is 2.42. The van der Waals surface area contributed by atoms with E-state index in [1.807, 2.05) is 42.5 Å². The predicted molar refractivity (Wildman–Crippen MR) is 94.0 cm³/mol. The minimum atomic E-state index is -0.918. The average molecular weight is 335 g/mol. The number of fused-ring (bicyclic) bond motifs is 1. The van der Waals surface area contributed by atoms with Gasteiger partial charge in [0.15, 0.2) is 0 Å². The molecule has 1 saturated carbocycles. The van der Waals surface area contributed by atoms with Gasteiger partial charge in [-0.3, -0.25) is 4.79 Å². The normalized spacial score (nSPS) is 24.5. The lowest BCUT2D eigenvalue weighted by Crippen LogP contribution is -2.48. The third-order valence-corrected chi connectivity index (χ3v) is 5.44. The molecule has 1 unspecified atom stereocenters. The lowest BCUT2D eigenvalue weighted by molar-refractivity contribution is -0.151. The number of nitrogens with zero attached hydrogens (tertiary/aromatic N) is 1. The zero-order chi connectivity index (χ0) is 17.4. The Morgan fingerprint density at radius 2 is 1.68 bits per heavy atom. The largest absolute Gasteiger partial charge is 0.480 e. The summed E-state index contributed by atoms with van der Waals surface area (Å²) in [6.45, 7) is 0.398. The Morgan fingerprint density at radius 3 is 2.40 bits per heavy atom. The molecule has 3 atom stereocenters. The molecule has 2 aromatic rings. The van der Waals surface area contributed by atoms with E-state index < -0.39 is 12.0 Å². The predicted octanol–water partition coefficient (Wildman–Crippen LogP) is 3.22. The van der Waals surface area contributed by atoms with Gasteiger partial charge in [0.2, 0.25) is 5.91 Å². The van der Waals surface area contributed by atoms with E-state index in [1.54, 1.807) is 4.90 Å². The van der Waals surface area contributed by atoms with Crippen LogP contribution in [0.2, 0.25) is 0 Å². The lowest BCUT2D eigenvalue weighted by atomic mass is 9.93. The van der Waals surface area contributed by atoms with Crippen molar-refractivity contribution < 1.29 is 14.7 Å². The van der Waals surface area contributed by atoms with Gasteiger partial charge in [0.05, 0.1) is 0 Å². The zero-order valence-corrected chi connectivity index (χ0v) is 14.0. The molecule has 0 spiro atoms. The van der Waals surface area contributed by atoms with Crippen LogP contribution < -0.4 is 0 Å². The van der Waals surface area contributed by atoms with Crippen molar-refractivity contribution in [3.05, 3.63) is 71.3 Å². The molecular weight excluding hydrogens is 314 g/mol. The highest BCUT2D eigenvalue weighted by atomic mass is 16.4. The van der Waals surface area contributed by atoms with Gasteiger partial charge in [-0.05, 0) is 34.9 Å². The van der Waals surface area contributed by atoms with Crippen molar-refractivity contribution in [2.24, 2.45) is 5.92 Å². The van der Waals surface area contributed by atoms with E-state index in [0.717, 1.165) is 17.5 Å². The van der Waals surface area contributed by atoms with Crippen LogP contribution >= 0.6 is 0 Å². The monoisotopic (exact) mass is 335 g/mol. The molecule has 1 aliphatic carbocycles. The third kappa shape index (κ3) is 3.16. The first-order valence-corrected chi connectivity index (χ1v) is 8.77. The van der Waals surface area contributed by atoms with Crippen LogP contribution in [-0.2, 0) is 22.6 Å². The van der Waals surface area contributed by atoms with Crippen molar-refractivity contribution in [2.45, 2.75) is 37.8 Å². The van der Waals surface area contributed by atoms with Gasteiger partial charge >= 0.3 is 5.97 Å². The number of hydrogen-bond donors (Lipinski definition) is 1. The van der Waals surface area contributed by atoms with Crippen molar-refractivity contribution in [1.82, 2.24) is 4.90 Å². The number of amides is 1. The highest BCUT2D eigenvalue weighted by Crippen LogP contribution is 2.49. The molecule has 4 nitrogen and oxygen atoms in total. The van der Waals surface area contributed by atoms with Gasteiger partial charge < -0.3 is 10.0 Å². The average Bonchev–Trinajstić information content (AvgIpc) is 3.40. The van der Waals surface area contributed by atoms with Crippen molar-refractivity contribution >= 4 is 11.9 Å². The number of aliphatic carboxylic acids is 1.